The molecular formula is C14H8F6INO2S. The minimum absolute atomic E-state index is 0.0807. The minimum Gasteiger partial charge on any atom is -0.280 e. The monoisotopic (exact) mass is 495 g/mol. The van der Waals surface area contributed by atoms with Gasteiger partial charge in [0, 0.05) is 3.57 Å². The SMILES string of the molecule is O=S(=O)(Nc1cc(C(F)(F)F)cc(C(F)(F)F)c1)c1ccc(I)cc1. The maximum atomic E-state index is 12.8. The zero-order valence-corrected chi connectivity index (χ0v) is 14.9. The topological polar surface area (TPSA) is 46.2 Å². The van der Waals surface area contributed by atoms with E-state index in [4.69, 9.17) is 0 Å². The number of anilines is 1. The van der Waals surface area contributed by atoms with Gasteiger partial charge < -0.3 is 0 Å². The van der Waals surface area contributed by atoms with Crippen LogP contribution < -0.4 is 4.72 Å². The van der Waals surface area contributed by atoms with Gasteiger partial charge in [-0.25, -0.2) is 8.42 Å². The van der Waals surface area contributed by atoms with Gasteiger partial charge in [0.2, 0.25) is 0 Å². The normalized spacial score (nSPS) is 12.9. The molecule has 0 spiro atoms. The fourth-order valence-electron chi connectivity index (χ4n) is 1.84. The highest BCUT2D eigenvalue weighted by molar-refractivity contribution is 14.1. The lowest BCUT2D eigenvalue weighted by Crippen LogP contribution is -2.16. The number of hydrogen-bond acceptors (Lipinski definition) is 2. The summed E-state index contributed by atoms with van der Waals surface area (Å²) in [5.41, 5.74) is -4.05. The van der Waals surface area contributed by atoms with Crippen LogP contribution in [0.2, 0.25) is 0 Å². The summed E-state index contributed by atoms with van der Waals surface area (Å²) in [6.07, 6.45) is -10.1. The van der Waals surface area contributed by atoms with E-state index in [-0.39, 0.29) is 11.0 Å². The second kappa shape index (κ2) is 6.67. The lowest BCUT2D eigenvalue weighted by Gasteiger charge is -2.15. The van der Waals surface area contributed by atoms with Gasteiger partial charge in [0.15, 0.2) is 0 Å². The van der Waals surface area contributed by atoms with Crippen LogP contribution in [0.5, 0.6) is 0 Å². The molecule has 0 atom stereocenters. The smallest absolute Gasteiger partial charge is 0.280 e. The van der Waals surface area contributed by atoms with Gasteiger partial charge in [-0.15, -0.1) is 0 Å². The van der Waals surface area contributed by atoms with Crippen LogP contribution in [0.3, 0.4) is 0 Å². The van der Waals surface area contributed by atoms with E-state index < -0.39 is 39.2 Å². The number of sulfonamides is 1. The third-order valence-electron chi connectivity index (χ3n) is 2.96. The second-order valence-corrected chi connectivity index (χ2v) is 7.78. The van der Waals surface area contributed by atoms with Crippen LogP contribution in [0.4, 0.5) is 32.0 Å². The molecule has 25 heavy (non-hydrogen) atoms. The quantitative estimate of drug-likeness (QED) is 0.475. The zero-order valence-electron chi connectivity index (χ0n) is 11.9. The predicted octanol–water partition coefficient (Wildman–Crippen LogP) is 5.13. The van der Waals surface area contributed by atoms with E-state index in [2.05, 4.69) is 0 Å². The third kappa shape index (κ3) is 5.00. The number of nitrogens with one attached hydrogen (secondary N) is 1. The standard InChI is InChI=1S/C14H8F6INO2S/c15-13(16,17)8-5-9(14(18,19)20)7-11(6-8)22-25(23,24)12-3-1-10(21)2-4-12/h1-7,22H. The van der Waals surface area contributed by atoms with Gasteiger partial charge in [-0.05, 0) is 65.1 Å². The van der Waals surface area contributed by atoms with Crippen LogP contribution in [0.1, 0.15) is 11.1 Å². The molecule has 0 fully saturated rings. The largest absolute Gasteiger partial charge is 0.416 e. The van der Waals surface area contributed by atoms with E-state index in [1.807, 2.05) is 22.6 Å². The van der Waals surface area contributed by atoms with Crippen molar-refractivity contribution in [3.63, 3.8) is 0 Å². The van der Waals surface area contributed by atoms with Gasteiger partial charge in [0.05, 0.1) is 21.7 Å². The van der Waals surface area contributed by atoms with Crippen LogP contribution in [-0.2, 0) is 22.4 Å². The molecule has 0 bridgehead atoms. The summed E-state index contributed by atoms with van der Waals surface area (Å²) in [6, 6.07) is 5.76. The first-order valence-corrected chi connectivity index (χ1v) is 8.93. The van der Waals surface area contributed by atoms with E-state index in [0.717, 1.165) is 0 Å². The van der Waals surface area contributed by atoms with Gasteiger partial charge in [-0.2, -0.15) is 26.3 Å². The molecule has 0 aliphatic heterocycles. The van der Waals surface area contributed by atoms with E-state index in [1.54, 1.807) is 4.72 Å². The summed E-state index contributed by atoms with van der Waals surface area (Å²) in [6.45, 7) is 0. The molecule has 0 aliphatic carbocycles. The lowest BCUT2D eigenvalue weighted by molar-refractivity contribution is -0.143. The van der Waals surface area contributed by atoms with Crippen LogP contribution in [0.15, 0.2) is 47.4 Å². The van der Waals surface area contributed by atoms with Crippen LogP contribution >= 0.6 is 22.6 Å². The van der Waals surface area contributed by atoms with Crippen molar-refractivity contribution >= 4 is 38.3 Å². The Hall–Kier alpha value is -1.50. The van der Waals surface area contributed by atoms with Crippen molar-refractivity contribution in [2.24, 2.45) is 0 Å². The summed E-state index contributed by atoms with van der Waals surface area (Å²) >= 11 is 1.91. The van der Waals surface area contributed by atoms with Crippen molar-refractivity contribution in [3.8, 4) is 0 Å². The molecule has 0 aromatic heterocycles. The Labute approximate surface area is 152 Å². The molecule has 2 aromatic rings. The van der Waals surface area contributed by atoms with Crippen molar-refractivity contribution in [2.75, 3.05) is 4.72 Å². The Balaban J connectivity index is 2.49. The molecule has 0 radical (unpaired) electrons. The average Bonchev–Trinajstić information content (AvgIpc) is 2.45. The summed E-state index contributed by atoms with van der Waals surface area (Å²) in [4.78, 5) is -0.293. The molecule has 11 heteroatoms. The highest BCUT2D eigenvalue weighted by Crippen LogP contribution is 2.37. The van der Waals surface area contributed by atoms with Crippen molar-refractivity contribution in [1.82, 2.24) is 0 Å². The average molecular weight is 495 g/mol. The predicted molar refractivity (Wildman–Crippen MR) is 86.4 cm³/mol. The van der Waals surface area contributed by atoms with E-state index >= 15 is 0 Å². The maximum absolute atomic E-state index is 12.8. The number of benzene rings is 2. The molecule has 0 aliphatic rings. The first-order chi connectivity index (χ1) is 11.3. The van der Waals surface area contributed by atoms with Crippen LogP contribution in [-0.4, -0.2) is 8.42 Å². The molecule has 0 amide bonds. The van der Waals surface area contributed by atoms with Crippen molar-refractivity contribution in [2.45, 2.75) is 17.2 Å². The molecule has 0 unspecified atom stereocenters. The molecule has 0 saturated heterocycles. The van der Waals surface area contributed by atoms with E-state index in [0.29, 0.717) is 15.7 Å². The van der Waals surface area contributed by atoms with Crippen molar-refractivity contribution < 1.29 is 34.8 Å². The third-order valence-corrected chi connectivity index (χ3v) is 5.08. The molecule has 0 heterocycles. The number of hydrogen-bond donors (Lipinski definition) is 1. The van der Waals surface area contributed by atoms with E-state index in [1.165, 1.54) is 24.3 Å². The number of rotatable bonds is 3. The van der Waals surface area contributed by atoms with Gasteiger partial charge >= 0.3 is 12.4 Å². The maximum Gasteiger partial charge on any atom is 0.416 e. The lowest BCUT2D eigenvalue weighted by atomic mass is 10.1. The van der Waals surface area contributed by atoms with Crippen LogP contribution in [0.25, 0.3) is 0 Å². The Bertz CT molecular complexity index is 843. The molecule has 0 saturated carbocycles. The van der Waals surface area contributed by atoms with Gasteiger partial charge in [0.25, 0.3) is 10.0 Å². The Kier molecular flexibility index (Phi) is 5.28. The van der Waals surface area contributed by atoms with E-state index in [9.17, 15) is 34.8 Å². The van der Waals surface area contributed by atoms with Crippen molar-refractivity contribution in [1.29, 1.82) is 0 Å². The van der Waals surface area contributed by atoms with Gasteiger partial charge in [0.1, 0.15) is 0 Å². The fraction of sp³-hybridized carbons (Fsp3) is 0.143. The first-order valence-electron chi connectivity index (χ1n) is 6.37. The Morgan fingerprint density at radius 3 is 1.64 bits per heavy atom. The fourth-order valence-corrected chi connectivity index (χ4v) is 3.24. The van der Waals surface area contributed by atoms with Crippen LogP contribution in [0, 0.1) is 3.57 Å². The second-order valence-electron chi connectivity index (χ2n) is 4.85. The summed E-state index contributed by atoms with van der Waals surface area (Å²) in [5, 5.41) is 0. The van der Waals surface area contributed by atoms with Gasteiger partial charge in [-0.3, -0.25) is 4.72 Å². The highest BCUT2D eigenvalue weighted by atomic mass is 127. The first kappa shape index (κ1) is 19.8. The van der Waals surface area contributed by atoms with Gasteiger partial charge in [-0.1, -0.05) is 0 Å². The molecule has 136 valence electrons. The molecule has 2 rings (SSSR count). The zero-order chi connectivity index (χ0) is 19.0. The Morgan fingerprint density at radius 1 is 0.800 bits per heavy atom. The highest BCUT2D eigenvalue weighted by Gasteiger charge is 2.37. The number of halogens is 7. The summed E-state index contributed by atoms with van der Waals surface area (Å²) in [7, 11) is -4.34. The van der Waals surface area contributed by atoms with Crippen molar-refractivity contribution in [3.05, 3.63) is 57.2 Å². The molecule has 1 N–H and O–H groups in total. The minimum atomic E-state index is -5.07. The molecular weight excluding hydrogens is 487 g/mol. The molecule has 3 nitrogen and oxygen atoms in total. The Morgan fingerprint density at radius 2 is 1.24 bits per heavy atom. The summed E-state index contributed by atoms with van der Waals surface area (Å²) < 4.78 is 104. The summed E-state index contributed by atoms with van der Waals surface area (Å²) in [5.74, 6) is 0. The molecule has 2 aromatic carbocycles. The number of alkyl halides is 6.